The molecule has 1 aromatic heterocycles. The maximum absolute atomic E-state index is 11.5. The third-order valence-corrected chi connectivity index (χ3v) is 19.7. The molecule has 281 valence electrons. The molecule has 0 saturated carbocycles. The van der Waals surface area contributed by atoms with E-state index in [2.05, 4.69) is 137 Å². The van der Waals surface area contributed by atoms with Crippen LogP contribution in [0.5, 0.6) is 0 Å². The zero-order chi connectivity index (χ0) is 38.6. The number of rotatable bonds is 4. The Labute approximate surface area is 336 Å². The number of pyridine rings is 1. The van der Waals surface area contributed by atoms with Crippen LogP contribution >= 0.6 is 0 Å². The van der Waals surface area contributed by atoms with Crippen molar-refractivity contribution in [3.8, 4) is 33.5 Å². The summed E-state index contributed by atoms with van der Waals surface area (Å²) >= 11 is -2.67. The van der Waals surface area contributed by atoms with Gasteiger partial charge in [-0.3, -0.25) is 4.79 Å². The van der Waals surface area contributed by atoms with Gasteiger partial charge < -0.3 is 5.11 Å². The normalized spacial score (nSPS) is 14.1. The van der Waals surface area contributed by atoms with Gasteiger partial charge in [0.2, 0.25) is 0 Å². The summed E-state index contributed by atoms with van der Waals surface area (Å²) in [4.78, 5) is 16.5. The Balaban J connectivity index is 0.000000386. The summed E-state index contributed by atoms with van der Waals surface area (Å²) in [6.07, 6.45) is 3.34. The number of hydrogen-bond acceptors (Lipinski definition) is 3. The minimum atomic E-state index is -2.67. The Bertz CT molecular complexity index is 2170. The molecular formula is C47H58GeIrNO2Si-. The maximum Gasteiger partial charge on any atom is 0 e. The van der Waals surface area contributed by atoms with Crippen molar-refractivity contribution < 1.29 is 30.0 Å². The van der Waals surface area contributed by atoms with Crippen molar-refractivity contribution in [3.05, 3.63) is 109 Å². The molecule has 0 fully saturated rings. The van der Waals surface area contributed by atoms with E-state index in [4.69, 9.17) is 4.98 Å². The SMILES string of the molecule is CC(C)(C)C(=O)/C=C(\O)C(C)(C)C.CC(C)(C)c1cc(-c2nccc3[c]2[Ge]([CH3])([CH3])[c]2cc(-c4ccc([Si](C)(C)C)cc4)ccc2-3)[c-]c2ccccc12.[Ir]. The monoisotopic (exact) mass is 963 g/mol. The molecule has 0 saturated heterocycles. The Morgan fingerprint density at radius 1 is 0.774 bits per heavy atom. The molecular weight excluding hydrogens is 903 g/mol. The molecule has 0 aliphatic carbocycles. The molecule has 5 aromatic rings. The van der Waals surface area contributed by atoms with Crippen molar-refractivity contribution in [1.82, 2.24) is 4.98 Å². The minimum absolute atomic E-state index is 0. The van der Waals surface area contributed by atoms with Crippen molar-refractivity contribution in [2.75, 3.05) is 0 Å². The van der Waals surface area contributed by atoms with Gasteiger partial charge >= 0.3 is 239 Å². The molecule has 6 rings (SSSR count). The number of aliphatic hydroxyl groups excluding tert-OH is 1. The van der Waals surface area contributed by atoms with Crippen LogP contribution in [0.4, 0.5) is 0 Å². The van der Waals surface area contributed by atoms with Gasteiger partial charge in [-0.1, -0.05) is 41.5 Å². The molecule has 6 heteroatoms. The minimum Gasteiger partial charge on any atom is 0 e. The van der Waals surface area contributed by atoms with Gasteiger partial charge in [-0.2, -0.15) is 0 Å². The summed E-state index contributed by atoms with van der Waals surface area (Å²) in [6, 6.07) is 33.6. The van der Waals surface area contributed by atoms with Crippen LogP contribution < -0.4 is 14.0 Å². The standard InChI is InChI=1S/C36H38GeNSi.C11H20O2.Ir/c1-36(2,3)32-22-27(21-26-11-9-10-12-29(26)32)35-34-31(19-20-38-35)30-18-15-25(23-33(30)37(34,4)5)24-13-16-28(17-14-24)39(6,7)8;1-10(2,3)8(12)7-9(13)11(4,5)6;/h9-20,22-23H,1-8H3;7,12H,1-6H3;/q-1;;/b;8-7-;. The van der Waals surface area contributed by atoms with Crippen LogP contribution in [0.25, 0.3) is 44.3 Å². The van der Waals surface area contributed by atoms with E-state index < -0.39 is 26.8 Å². The van der Waals surface area contributed by atoms with E-state index in [-0.39, 0.29) is 42.5 Å². The summed E-state index contributed by atoms with van der Waals surface area (Å²) in [5, 5.41) is 13.5. The first kappa shape index (κ1) is 42.6. The second-order valence-electron chi connectivity index (χ2n) is 19.1. The fraction of sp³-hybridized carbons (Fsp3) is 0.362. The Morgan fingerprint density at radius 2 is 1.38 bits per heavy atom. The zero-order valence-electron chi connectivity index (χ0n) is 34.3. The van der Waals surface area contributed by atoms with Crippen molar-refractivity contribution in [2.45, 2.75) is 98.9 Å². The number of aromatic nitrogens is 1. The van der Waals surface area contributed by atoms with Crippen LogP contribution in [-0.4, -0.2) is 37.2 Å². The van der Waals surface area contributed by atoms with E-state index in [0.29, 0.717) is 0 Å². The number of aliphatic hydroxyl groups is 1. The molecule has 1 N–H and O–H groups in total. The van der Waals surface area contributed by atoms with E-state index in [1.807, 2.05) is 47.7 Å². The molecule has 2 heterocycles. The summed E-state index contributed by atoms with van der Waals surface area (Å²) in [5.74, 6) is 5.19. The molecule has 1 aliphatic rings. The van der Waals surface area contributed by atoms with Crippen molar-refractivity contribution >= 4 is 51.9 Å². The number of hydrogen-bond donors (Lipinski definition) is 1. The van der Waals surface area contributed by atoms with Crippen LogP contribution in [0.3, 0.4) is 0 Å². The Kier molecular flexibility index (Phi) is 12.2. The summed E-state index contributed by atoms with van der Waals surface area (Å²) < 4.78 is 3.05. The Hall–Kier alpha value is -3.09. The van der Waals surface area contributed by atoms with Gasteiger partial charge in [0.15, 0.2) is 5.78 Å². The second-order valence-corrected chi connectivity index (χ2v) is 33.2. The van der Waals surface area contributed by atoms with Crippen molar-refractivity contribution in [3.63, 3.8) is 0 Å². The second kappa shape index (κ2) is 15.2. The fourth-order valence-corrected chi connectivity index (χ4v) is 15.0. The van der Waals surface area contributed by atoms with Crippen molar-refractivity contribution in [1.29, 1.82) is 0 Å². The topological polar surface area (TPSA) is 50.2 Å². The van der Waals surface area contributed by atoms with Crippen molar-refractivity contribution in [2.24, 2.45) is 10.8 Å². The summed E-state index contributed by atoms with van der Waals surface area (Å²) in [6.45, 7) is 25.3. The van der Waals surface area contributed by atoms with Crippen LogP contribution in [0, 0.1) is 16.9 Å². The van der Waals surface area contributed by atoms with E-state index in [9.17, 15) is 9.90 Å². The molecule has 53 heavy (non-hydrogen) atoms. The van der Waals surface area contributed by atoms with Gasteiger partial charge in [-0.15, -0.1) is 0 Å². The number of fused-ring (bicyclic) bond motifs is 4. The number of ketones is 1. The predicted molar refractivity (Wildman–Crippen MR) is 230 cm³/mol. The largest absolute Gasteiger partial charge is 0 e. The molecule has 0 unspecified atom stereocenters. The molecule has 0 spiro atoms. The van der Waals surface area contributed by atoms with Crippen LogP contribution in [0.15, 0.2) is 96.9 Å². The van der Waals surface area contributed by atoms with Crippen LogP contribution in [0.2, 0.25) is 31.2 Å². The number of benzene rings is 4. The number of allylic oxidation sites excluding steroid dienone is 2. The van der Waals surface area contributed by atoms with E-state index >= 15 is 0 Å². The summed E-state index contributed by atoms with van der Waals surface area (Å²) in [7, 11) is -1.31. The van der Waals surface area contributed by atoms with Crippen LogP contribution in [0.1, 0.15) is 67.9 Å². The first-order valence-electron chi connectivity index (χ1n) is 18.6. The smallest absolute Gasteiger partial charge is 0 e. The van der Waals surface area contributed by atoms with Gasteiger partial charge in [0.05, 0.1) is 0 Å². The number of carbonyl (C=O) groups excluding carboxylic acids is 1. The molecule has 3 nitrogen and oxygen atoms in total. The van der Waals surface area contributed by atoms with Gasteiger partial charge in [-0.25, -0.2) is 0 Å². The van der Waals surface area contributed by atoms with Gasteiger partial charge in [-0.05, 0) is 0 Å². The average molecular weight is 962 g/mol. The molecule has 1 aliphatic heterocycles. The number of carbonyl (C=O) groups is 1. The average Bonchev–Trinajstić information content (AvgIpc) is 3.28. The molecule has 0 atom stereocenters. The van der Waals surface area contributed by atoms with E-state index in [1.165, 1.54) is 54.2 Å². The quantitative estimate of drug-likeness (QED) is 0.0845. The molecule has 4 aromatic carbocycles. The van der Waals surface area contributed by atoms with E-state index in [0.717, 1.165) is 11.3 Å². The van der Waals surface area contributed by atoms with Gasteiger partial charge in [0.25, 0.3) is 0 Å². The first-order valence-corrected chi connectivity index (χ1v) is 28.4. The van der Waals surface area contributed by atoms with E-state index in [1.54, 1.807) is 4.40 Å². The molecule has 0 amide bonds. The van der Waals surface area contributed by atoms with Crippen LogP contribution in [-0.2, 0) is 30.3 Å². The third-order valence-electron chi connectivity index (χ3n) is 10.3. The Morgan fingerprint density at radius 3 is 1.94 bits per heavy atom. The molecule has 1 radical (unpaired) electrons. The third kappa shape index (κ3) is 9.07. The zero-order valence-corrected chi connectivity index (χ0v) is 39.8. The molecule has 0 bridgehead atoms. The maximum atomic E-state index is 11.5. The predicted octanol–water partition coefficient (Wildman–Crippen LogP) is 11.1. The fourth-order valence-electron chi connectivity index (χ4n) is 6.83. The summed E-state index contributed by atoms with van der Waals surface area (Å²) in [5.41, 5.74) is 8.29. The van der Waals surface area contributed by atoms with Gasteiger partial charge in [0, 0.05) is 37.0 Å². The van der Waals surface area contributed by atoms with Gasteiger partial charge in [0.1, 0.15) is 5.76 Å². The number of nitrogens with zero attached hydrogens (tertiary/aromatic N) is 1. The first-order chi connectivity index (χ1) is 23.9.